The van der Waals surface area contributed by atoms with Gasteiger partial charge in [0.25, 0.3) is 5.56 Å². The van der Waals surface area contributed by atoms with Gasteiger partial charge in [-0.3, -0.25) is 9.36 Å². The smallest absolute Gasteiger partial charge is 0.338 e. The second-order valence-electron chi connectivity index (χ2n) is 10.0. The third kappa shape index (κ3) is 6.24. The molecule has 0 amide bonds. The number of rotatable bonds is 9. The number of allylic oxidation sites excluding steroid dienone is 1. The predicted molar refractivity (Wildman–Crippen MR) is 170 cm³/mol. The lowest BCUT2D eigenvalue weighted by Crippen LogP contribution is -2.39. The molecule has 44 heavy (non-hydrogen) atoms. The van der Waals surface area contributed by atoms with E-state index in [2.05, 4.69) is 20.9 Å². The highest BCUT2D eigenvalue weighted by atomic mass is 79.9. The number of nitrogens with zero attached hydrogens (tertiary/aromatic N) is 2. The van der Waals surface area contributed by atoms with Crippen molar-refractivity contribution < 1.29 is 28.9 Å². The Morgan fingerprint density at radius 1 is 1.09 bits per heavy atom. The van der Waals surface area contributed by atoms with E-state index in [0.29, 0.717) is 42.1 Å². The van der Waals surface area contributed by atoms with E-state index in [1.807, 2.05) is 37.3 Å². The summed E-state index contributed by atoms with van der Waals surface area (Å²) in [6.07, 6.45) is 1.75. The lowest BCUT2D eigenvalue weighted by atomic mass is 9.95. The van der Waals surface area contributed by atoms with Gasteiger partial charge in [0, 0.05) is 0 Å². The van der Waals surface area contributed by atoms with E-state index in [1.165, 1.54) is 30.6 Å². The van der Waals surface area contributed by atoms with Crippen molar-refractivity contribution in [1.82, 2.24) is 4.57 Å². The third-order valence-electron chi connectivity index (χ3n) is 7.04. The fourth-order valence-corrected chi connectivity index (χ4v) is 6.49. The molecule has 0 bridgehead atoms. The molecule has 0 saturated carbocycles. The molecule has 2 heterocycles. The molecule has 0 saturated heterocycles. The molecule has 5 rings (SSSR count). The van der Waals surface area contributed by atoms with Gasteiger partial charge < -0.3 is 19.3 Å². The first-order valence-corrected chi connectivity index (χ1v) is 15.3. The maximum atomic E-state index is 13.9. The van der Waals surface area contributed by atoms with Gasteiger partial charge in [0.1, 0.15) is 6.61 Å². The molecule has 9 nitrogen and oxygen atoms in total. The number of esters is 1. The first-order chi connectivity index (χ1) is 21.1. The number of carbonyl (C=O) groups is 2. The molecule has 1 aliphatic heterocycles. The highest BCUT2D eigenvalue weighted by molar-refractivity contribution is 9.10. The predicted octanol–water partition coefficient (Wildman–Crippen LogP) is 5.16. The Morgan fingerprint density at radius 2 is 1.80 bits per heavy atom. The summed E-state index contributed by atoms with van der Waals surface area (Å²) >= 11 is 4.80. The van der Waals surface area contributed by atoms with Gasteiger partial charge in [0.15, 0.2) is 16.3 Å². The number of thiazole rings is 1. The number of hydrogen-bond donors (Lipinski definition) is 1. The topological polar surface area (TPSA) is 116 Å². The molecule has 3 aromatic carbocycles. The van der Waals surface area contributed by atoms with E-state index in [4.69, 9.17) is 19.3 Å². The van der Waals surface area contributed by atoms with E-state index in [9.17, 15) is 14.4 Å². The van der Waals surface area contributed by atoms with Crippen LogP contribution in [0.4, 0.5) is 0 Å². The van der Waals surface area contributed by atoms with Crippen LogP contribution in [0.3, 0.4) is 0 Å². The highest BCUT2D eigenvalue weighted by Gasteiger charge is 2.33. The molecule has 4 aromatic rings. The van der Waals surface area contributed by atoms with Crippen LogP contribution >= 0.6 is 27.3 Å². The van der Waals surface area contributed by atoms with Crippen LogP contribution in [0.1, 0.15) is 52.5 Å². The zero-order valence-electron chi connectivity index (χ0n) is 24.4. The summed E-state index contributed by atoms with van der Waals surface area (Å²) in [4.78, 5) is 43.3. The van der Waals surface area contributed by atoms with Crippen LogP contribution in [0, 0.1) is 6.92 Å². The van der Waals surface area contributed by atoms with Crippen molar-refractivity contribution in [1.29, 1.82) is 0 Å². The fraction of sp³-hybridized carbons (Fsp3) is 0.212. The minimum Gasteiger partial charge on any atom is -0.493 e. The number of aromatic carboxylic acids is 1. The number of hydrogen-bond acceptors (Lipinski definition) is 8. The van der Waals surface area contributed by atoms with E-state index in [0.717, 1.165) is 16.7 Å². The number of benzene rings is 3. The molecule has 226 valence electrons. The van der Waals surface area contributed by atoms with Crippen molar-refractivity contribution in [3.63, 3.8) is 0 Å². The average molecular weight is 678 g/mol. The van der Waals surface area contributed by atoms with Crippen LogP contribution < -0.4 is 24.4 Å². The zero-order chi connectivity index (χ0) is 31.5. The van der Waals surface area contributed by atoms with Crippen molar-refractivity contribution in [2.75, 3.05) is 13.7 Å². The van der Waals surface area contributed by atoms with Crippen molar-refractivity contribution in [3.8, 4) is 11.5 Å². The Morgan fingerprint density at radius 3 is 2.43 bits per heavy atom. The first-order valence-electron chi connectivity index (χ1n) is 13.7. The summed E-state index contributed by atoms with van der Waals surface area (Å²) in [5.41, 5.74) is 4.06. The molecule has 1 atom stereocenters. The van der Waals surface area contributed by atoms with E-state index in [1.54, 1.807) is 42.7 Å². The number of halogens is 1. The van der Waals surface area contributed by atoms with Gasteiger partial charge in [-0.05, 0) is 83.7 Å². The molecule has 1 aromatic heterocycles. The van der Waals surface area contributed by atoms with Crippen molar-refractivity contribution >= 4 is 45.3 Å². The lowest BCUT2D eigenvalue weighted by Gasteiger charge is -2.24. The number of ether oxygens (including phenoxy) is 3. The Hall–Kier alpha value is -4.48. The molecule has 11 heteroatoms. The molecule has 1 N–H and O–H groups in total. The number of methoxy groups -OCH3 is 1. The molecular formula is C33H29BrN2O7S. The van der Waals surface area contributed by atoms with E-state index >= 15 is 0 Å². The zero-order valence-corrected chi connectivity index (χ0v) is 26.8. The molecule has 0 spiro atoms. The Labute approximate surface area is 265 Å². The van der Waals surface area contributed by atoms with Gasteiger partial charge in [-0.2, -0.15) is 0 Å². The molecule has 0 radical (unpaired) electrons. The molecule has 1 aliphatic rings. The van der Waals surface area contributed by atoms with Crippen LogP contribution in [0.25, 0.3) is 6.08 Å². The lowest BCUT2D eigenvalue weighted by molar-refractivity contribution is -0.139. The number of aromatic nitrogens is 1. The van der Waals surface area contributed by atoms with Gasteiger partial charge in [-0.1, -0.05) is 53.3 Å². The van der Waals surface area contributed by atoms with Crippen molar-refractivity contribution in [2.45, 2.75) is 33.4 Å². The SMILES string of the molecule is CCOC(=O)C1=C(C)N=c2s/c(=C/c3cc(Br)c(OCc4ccc(C(=O)O)cc4)c(OC)c3)c(=O)n2[C@@H]1c1ccc(C)cc1. The summed E-state index contributed by atoms with van der Waals surface area (Å²) in [7, 11) is 1.52. The fourth-order valence-electron chi connectivity index (χ4n) is 4.87. The van der Waals surface area contributed by atoms with Gasteiger partial charge in [-0.15, -0.1) is 0 Å². The number of carboxylic acid groups (broad SMARTS) is 1. The molecular weight excluding hydrogens is 648 g/mol. The first kappa shape index (κ1) is 31.0. The standard InChI is InChI=1S/C33H29BrN2O7S/c1-5-42-32(40)27-19(3)35-33-36(28(27)22-10-6-18(2)7-11-22)30(37)26(44-33)16-21-14-24(34)29(25(15-21)41-4)43-17-20-8-12-23(13-9-20)31(38)39/h6-16,28H,5,17H2,1-4H3,(H,38,39)/b26-16+/t28-/m1/s1. The minimum atomic E-state index is -0.995. The largest absolute Gasteiger partial charge is 0.493 e. The number of carbonyl (C=O) groups excluding carboxylic acids is 1. The maximum Gasteiger partial charge on any atom is 0.338 e. The highest BCUT2D eigenvalue weighted by Crippen LogP contribution is 2.37. The van der Waals surface area contributed by atoms with Crippen molar-refractivity contribution in [2.24, 2.45) is 4.99 Å². The Balaban J connectivity index is 1.53. The normalized spacial score (nSPS) is 14.6. The van der Waals surface area contributed by atoms with Crippen LogP contribution in [0.15, 0.2) is 86.2 Å². The Bertz CT molecular complexity index is 1960. The summed E-state index contributed by atoms with van der Waals surface area (Å²) in [6.45, 7) is 5.86. The summed E-state index contributed by atoms with van der Waals surface area (Å²) in [5, 5.41) is 9.12. The quantitative estimate of drug-likeness (QED) is 0.244. The third-order valence-corrected chi connectivity index (χ3v) is 8.62. The summed E-state index contributed by atoms with van der Waals surface area (Å²) < 4.78 is 19.6. The monoisotopic (exact) mass is 676 g/mol. The molecule has 0 fully saturated rings. The second-order valence-corrected chi connectivity index (χ2v) is 11.9. The minimum absolute atomic E-state index is 0.188. The van der Waals surface area contributed by atoms with Crippen LogP contribution in [-0.4, -0.2) is 35.3 Å². The van der Waals surface area contributed by atoms with Gasteiger partial charge in [-0.25, -0.2) is 14.6 Å². The van der Waals surface area contributed by atoms with Crippen LogP contribution in [0.2, 0.25) is 0 Å². The molecule has 0 aliphatic carbocycles. The van der Waals surface area contributed by atoms with Crippen molar-refractivity contribution in [3.05, 3.63) is 124 Å². The number of carboxylic acids is 1. The van der Waals surface area contributed by atoms with Gasteiger partial charge >= 0.3 is 11.9 Å². The average Bonchev–Trinajstić information content (AvgIpc) is 3.30. The number of fused-ring (bicyclic) bond motifs is 1. The van der Waals surface area contributed by atoms with Crippen LogP contribution in [0.5, 0.6) is 11.5 Å². The van der Waals surface area contributed by atoms with E-state index in [-0.39, 0.29) is 24.3 Å². The number of aryl methyl sites for hydroxylation is 1. The van der Waals surface area contributed by atoms with Gasteiger partial charge in [0.05, 0.1) is 45.6 Å². The summed E-state index contributed by atoms with van der Waals surface area (Å²) in [5.74, 6) is -0.596. The van der Waals surface area contributed by atoms with Crippen LogP contribution in [-0.2, 0) is 16.1 Å². The molecule has 0 unspecified atom stereocenters. The maximum absolute atomic E-state index is 13.9. The Kier molecular flexibility index (Phi) is 9.17. The summed E-state index contributed by atoms with van der Waals surface area (Å²) in [6, 6.07) is 17.0. The van der Waals surface area contributed by atoms with E-state index < -0.39 is 18.0 Å². The second kappa shape index (κ2) is 13.0. The van der Waals surface area contributed by atoms with Gasteiger partial charge in [0.2, 0.25) is 0 Å².